The summed E-state index contributed by atoms with van der Waals surface area (Å²) in [5.74, 6) is -0.147. The summed E-state index contributed by atoms with van der Waals surface area (Å²) in [6.45, 7) is 7.28. The van der Waals surface area contributed by atoms with Gasteiger partial charge in [-0.05, 0) is 36.7 Å². The molecule has 1 N–H and O–H groups in total. The number of nitrogens with one attached hydrogen (secondary N) is 1. The van der Waals surface area contributed by atoms with Crippen LogP contribution in [0.1, 0.15) is 18.9 Å². The SMILES string of the molecule is CC(=O)N1c2ccccc2C[C@@H]1C(=O)NCCCN1CCN(c2ccccc2)CC1. The highest BCUT2D eigenvalue weighted by molar-refractivity contribution is 6.02. The molecule has 6 nitrogen and oxygen atoms in total. The monoisotopic (exact) mass is 406 g/mol. The van der Waals surface area contributed by atoms with Gasteiger partial charge in [0.15, 0.2) is 0 Å². The molecule has 2 aromatic carbocycles. The van der Waals surface area contributed by atoms with Crippen LogP contribution < -0.4 is 15.1 Å². The lowest BCUT2D eigenvalue weighted by Gasteiger charge is -2.36. The zero-order chi connectivity index (χ0) is 20.9. The second-order valence-corrected chi connectivity index (χ2v) is 8.05. The number of piperazine rings is 1. The second kappa shape index (κ2) is 9.30. The Morgan fingerprint density at radius 2 is 1.67 bits per heavy atom. The van der Waals surface area contributed by atoms with Crippen molar-refractivity contribution in [2.24, 2.45) is 0 Å². The van der Waals surface area contributed by atoms with Crippen LogP contribution >= 0.6 is 0 Å². The standard InChI is InChI=1S/C24H30N4O2/c1-19(29)28-22-11-6-5-8-20(22)18-23(28)24(30)25-12-7-13-26-14-16-27(17-15-26)21-9-3-2-4-10-21/h2-6,8-11,23H,7,12-18H2,1H3,(H,25,30)/t23-/m1/s1. The Balaban J connectivity index is 1.20. The fourth-order valence-electron chi connectivity index (χ4n) is 4.49. The number of fused-ring (bicyclic) bond motifs is 1. The number of para-hydroxylation sites is 2. The molecule has 0 bridgehead atoms. The van der Waals surface area contributed by atoms with E-state index >= 15 is 0 Å². The zero-order valence-electron chi connectivity index (χ0n) is 17.6. The van der Waals surface area contributed by atoms with Crippen LogP contribution in [0.4, 0.5) is 11.4 Å². The first-order valence-corrected chi connectivity index (χ1v) is 10.8. The molecule has 1 fully saturated rings. The van der Waals surface area contributed by atoms with Gasteiger partial charge in [-0.3, -0.25) is 19.4 Å². The number of amides is 2. The second-order valence-electron chi connectivity index (χ2n) is 8.05. The molecule has 2 aliphatic rings. The topological polar surface area (TPSA) is 55.9 Å². The predicted octanol–water partition coefficient (Wildman–Crippen LogP) is 2.29. The van der Waals surface area contributed by atoms with Gasteiger partial charge in [0.2, 0.25) is 11.8 Å². The van der Waals surface area contributed by atoms with Crippen molar-refractivity contribution in [2.75, 3.05) is 49.1 Å². The van der Waals surface area contributed by atoms with E-state index in [0.717, 1.165) is 50.4 Å². The van der Waals surface area contributed by atoms with Crippen LogP contribution in [0.15, 0.2) is 54.6 Å². The van der Waals surface area contributed by atoms with E-state index in [1.807, 2.05) is 30.3 Å². The molecule has 2 aromatic rings. The average molecular weight is 407 g/mol. The number of hydrogen-bond donors (Lipinski definition) is 1. The van der Waals surface area contributed by atoms with Gasteiger partial charge in [-0.1, -0.05) is 36.4 Å². The fourth-order valence-corrected chi connectivity index (χ4v) is 4.49. The van der Waals surface area contributed by atoms with Crippen molar-refractivity contribution >= 4 is 23.2 Å². The summed E-state index contributed by atoms with van der Waals surface area (Å²) in [5.41, 5.74) is 3.21. The summed E-state index contributed by atoms with van der Waals surface area (Å²) in [6, 6.07) is 17.9. The van der Waals surface area contributed by atoms with Crippen molar-refractivity contribution in [1.82, 2.24) is 10.2 Å². The number of anilines is 2. The van der Waals surface area contributed by atoms with Gasteiger partial charge in [0.25, 0.3) is 0 Å². The van der Waals surface area contributed by atoms with E-state index in [4.69, 9.17) is 0 Å². The van der Waals surface area contributed by atoms with E-state index < -0.39 is 6.04 Å². The smallest absolute Gasteiger partial charge is 0.243 e. The third kappa shape index (κ3) is 4.49. The maximum Gasteiger partial charge on any atom is 0.243 e. The summed E-state index contributed by atoms with van der Waals surface area (Å²) in [4.78, 5) is 31.4. The largest absolute Gasteiger partial charge is 0.369 e. The van der Waals surface area contributed by atoms with E-state index in [0.29, 0.717) is 13.0 Å². The molecule has 0 aromatic heterocycles. The summed E-state index contributed by atoms with van der Waals surface area (Å²) in [6.07, 6.45) is 1.50. The molecule has 6 heteroatoms. The van der Waals surface area contributed by atoms with Crippen LogP contribution in [0.25, 0.3) is 0 Å². The number of hydrogen-bond acceptors (Lipinski definition) is 4. The quantitative estimate of drug-likeness (QED) is 0.748. The maximum atomic E-state index is 12.8. The third-order valence-corrected chi connectivity index (χ3v) is 6.06. The van der Waals surface area contributed by atoms with Crippen LogP contribution in [-0.2, 0) is 16.0 Å². The maximum absolute atomic E-state index is 12.8. The summed E-state index contributed by atoms with van der Waals surface area (Å²) in [7, 11) is 0. The molecule has 0 unspecified atom stereocenters. The highest BCUT2D eigenvalue weighted by Gasteiger charge is 2.36. The Morgan fingerprint density at radius 3 is 2.40 bits per heavy atom. The molecule has 30 heavy (non-hydrogen) atoms. The molecule has 2 amide bonds. The lowest BCUT2D eigenvalue weighted by atomic mass is 10.1. The summed E-state index contributed by atoms with van der Waals surface area (Å²) in [5, 5.41) is 3.05. The van der Waals surface area contributed by atoms with Crippen molar-refractivity contribution in [3.8, 4) is 0 Å². The molecule has 0 radical (unpaired) electrons. The van der Waals surface area contributed by atoms with Gasteiger partial charge in [0, 0.05) is 57.4 Å². The minimum absolute atomic E-state index is 0.0599. The van der Waals surface area contributed by atoms with Gasteiger partial charge in [-0.15, -0.1) is 0 Å². The Morgan fingerprint density at radius 1 is 0.967 bits per heavy atom. The minimum Gasteiger partial charge on any atom is -0.369 e. The molecular formula is C24H30N4O2. The van der Waals surface area contributed by atoms with Gasteiger partial charge in [-0.2, -0.15) is 0 Å². The number of nitrogens with zero attached hydrogens (tertiary/aromatic N) is 3. The number of carbonyl (C=O) groups is 2. The van der Waals surface area contributed by atoms with Crippen molar-refractivity contribution in [3.63, 3.8) is 0 Å². The van der Waals surface area contributed by atoms with E-state index in [-0.39, 0.29) is 11.8 Å². The molecule has 2 heterocycles. The summed E-state index contributed by atoms with van der Waals surface area (Å²) < 4.78 is 0. The van der Waals surface area contributed by atoms with E-state index in [9.17, 15) is 9.59 Å². The number of benzene rings is 2. The van der Waals surface area contributed by atoms with Crippen molar-refractivity contribution in [2.45, 2.75) is 25.8 Å². The Kier molecular flexibility index (Phi) is 6.33. The van der Waals surface area contributed by atoms with Gasteiger partial charge in [0.05, 0.1) is 0 Å². The average Bonchev–Trinajstić information content (AvgIpc) is 3.18. The van der Waals surface area contributed by atoms with Crippen LogP contribution in [0.3, 0.4) is 0 Å². The molecule has 2 aliphatic heterocycles. The lowest BCUT2D eigenvalue weighted by Crippen LogP contribution is -2.48. The van der Waals surface area contributed by atoms with Crippen LogP contribution in [0.5, 0.6) is 0 Å². The van der Waals surface area contributed by atoms with Crippen molar-refractivity contribution in [1.29, 1.82) is 0 Å². The fraction of sp³-hybridized carbons (Fsp3) is 0.417. The molecule has 0 saturated carbocycles. The first kappa shape index (κ1) is 20.4. The van der Waals surface area contributed by atoms with Crippen LogP contribution in [0, 0.1) is 0 Å². The normalized spacial score (nSPS) is 18.9. The van der Waals surface area contributed by atoms with Crippen LogP contribution in [0.2, 0.25) is 0 Å². The minimum atomic E-state index is -0.436. The molecule has 1 atom stereocenters. The predicted molar refractivity (Wildman–Crippen MR) is 120 cm³/mol. The van der Waals surface area contributed by atoms with Gasteiger partial charge >= 0.3 is 0 Å². The zero-order valence-corrected chi connectivity index (χ0v) is 17.6. The highest BCUT2D eigenvalue weighted by Crippen LogP contribution is 2.32. The molecule has 0 aliphatic carbocycles. The third-order valence-electron chi connectivity index (χ3n) is 6.06. The first-order chi connectivity index (χ1) is 14.6. The van der Waals surface area contributed by atoms with E-state index in [2.05, 4.69) is 39.4 Å². The molecule has 0 spiro atoms. The van der Waals surface area contributed by atoms with Crippen molar-refractivity contribution in [3.05, 3.63) is 60.2 Å². The van der Waals surface area contributed by atoms with Gasteiger partial charge in [0.1, 0.15) is 6.04 Å². The van der Waals surface area contributed by atoms with Crippen molar-refractivity contribution < 1.29 is 9.59 Å². The lowest BCUT2D eigenvalue weighted by molar-refractivity contribution is -0.125. The van der Waals surface area contributed by atoms with E-state index in [1.54, 1.807) is 4.90 Å². The Labute approximate surface area is 178 Å². The Bertz CT molecular complexity index is 878. The number of carbonyl (C=O) groups excluding carboxylic acids is 2. The molecular weight excluding hydrogens is 376 g/mol. The van der Waals surface area contributed by atoms with E-state index in [1.165, 1.54) is 12.6 Å². The molecule has 158 valence electrons. The first-order valence-electron chi connectivity index (χ1n) is 10.8. The summed E-state index contributed by atoms with van der Waals surface area (Å²) >= 11 is 0. The molecule has 1 saturated heterocycles. The van der Waals surface area contributed by atoms with Gasteiger partial charge < -0.3 is 10.2 Å². The Hall–Kier alpha value is -2.86. The number of rotatable bonds is 6. The molecule has 4 rings (SSSR count). The van der Waals surface area contributed by atoms with Gasteiger partial charge in [-0.25, -0.2) is 0 Å². The van der Waals surface area contributed by atoms with Crippen LogP contribution in [-0.4, -0.2) is 62.0 Å². The highest BCUT2D eigenvalue weighted by atomic mass is 16.2.